The van der Waals surface area contributed by atoms with E-state index in [4.69, 9.17) is 21.4 Å². The van der Waals surface area contributed by atoms with Crippen LogP contribution in [0.15, 0.2) is 42.7 Å². The van der Waals surface area contributed by atoms with Gasteiger partial charge in [0.25, 0.3) is 0 Å². The highest BCUT2D eigenvalue weighted by atomic mass is 35.5. The Morgan fingerprint density at radius 2 is 1.91 bits per heavy atom. The molecule has 0 bridgehead atoms. The van der Waals surface area contributed by atoms with Gasteiger partial charge in [0.1, 0.15) is 0 Å². The number of fused-ring (bicyclic) bond motifs is 1. The second kappa shape index (κ2) is 10.3. The number of amides is 1. The molecule has 2 aliphatic heterocycles. The fourth-order valence-corrected chi connectivity index (χ4v) is 4.95. The molecule has 34 heavy (non-hydrogen) atoms. The number of aromatic nitrogens is 3. The molecule has 3 aromatic rings. The Hall–Kier alpha value is -2.68. The molecule has 8 nitrogen and oxygen atoms in total. The Morgan fingerprint density at radius 3 is 2.68 bits per heavy atom. The van der Waals surface area contributed by atoms with Gasteiger partial charge in [-0.3, -0.25) is 14.7 Å². The standard InChI is InChI=1S/C25H31ClN6O2/c1-2-3-24(33)30-12-10-29(11-13-30)17-21-18-31(14-15-34-21)25-22-8-9-27-16-23(22)32(28-25)20-6-4-19(26)5-7-20/h4-9,16,21H,2-3,10-15,17-18H2,1H3. The van der Waals surface area contributed by atoms with Gasteiger partial charge in [-0.25, -0.2) is 4.68 Å². The molecule has 0 saturated carbocycles. The van der Waals surface area contributed by atoms with Crippen LogP contribution in [0.4, 0.5) is 5.82 Å². The Labute approximate surface area is 205 Å². The molecule has 0 N–H and O–H groups in total. The topological polar surface area (TPSA) is 66.7 Å². The van der Waals surface area contributed by atoms with Crippen LogP contribution in [0.25, 0.3) is 16.6 Å². The molecule has 9 heteroatoms. The summed E-state index contributed by atoms with van der Waals surface area (Å²) in [5.74, 6) is 1.23. The van der Waals surface area contributed by atoms with Gasteiger partial charge >= 0.3 is 0 Å². The second-order valence-electron chi connectivity index (χ2n) is 8.97. The van der Waals surface area contributed by atoms with E-state index in [2.05, 4.69) is 21.7 Å². The lowest BCUT2D eigenvalue weighted by Crippen LogP contribution is -2.53. The van der Waals surface area contributed by atoms with Gasteiger partial charge in [-0.15, -0.1) is 5.10 Å². The van der Waals surface area contributed by atoms with E-state index in [1.54, 1.807) is 0 Å². The number of rotatable bonds is 6. The van der Waals surface area contributed by atoms with Crippen molar-refractivity contribution >= 4 is 34.2 Å². The van der Waals surface area contributed by atoms with E-state index < -0.39 is 0 Å². The van der Waals surface area contributed by atoms with Crippen LogP contribution in [0.3, 0.4) is 0 Å². The molecule has 1 atom stereocenters. The summed E-state index contributed by atoms with van der Waals surface area (Å²) in [5, 5.41) is 6.76. The lowest BCUT2D eigenvalue weighted by Gasteiger charge is -2.39. The molecule has 0 radical (unpaired) electrons. The summed E-state index contributed by atoms with van der Waals surface area (Å²) in [6.45, 7) is 8.57. The first-order chi connectivity index (χ1) is 16.6. The number of carbonyl (C=O) groups excluding carboxylic acids is 1. The SMILES string of the molecule is CCCC(=O)N1CCN(CC2CN(c3nn(-c4ccc(Cl)cc4)c4cnccc34)CCO2)CC1. The molecule has 4 heterocycles. The third kappa shape index (κ3) is 4.89. The van der Waals surface area contributed by atoms with Crippen molar-refractivity contribution in [1.82, 2.24) is 24.6 Å². The second-order valence-corrected chi connectivity index (χ2v) is 9.41. The third-order valence-electron chi connectivity index (χ3n) is 6.62. The van der Waals surface area contributed by atoms with Gasteiger partial charge in [-0.05, 0) is 36.8 Å². The molecular formula is C25H31ClN6O2. The molecule has 0 aliphatic carbocycles. The van der Waals surface area contributed by atoms with Crippen molar-refractivity contribution in [1.29, 1.82) is 0 Å². The van der Waals surface area contributed by atoms with E-state index in [1.807, 2.05) is 52.3 Å². The maximum absolute atomic E-state index is 12.2. The van der Waals surface area contributed by atoms with E-state index in [0.29, 0.717) is 18.1 Å². The van der Waals surface area contributed by atoms with Crippen molar-refractivity contribution in [2.75, 3.05) is 57.3 Å². The number of pyridine rings is 1. The van der Waals surface area contributed by atoms with E-state index in [-0.39, 0.29) is 12.0 Å². The average Bonchev–Trinajstić information content (AvgIpc) is 3.25. The minimum atomic E-state index is 0.101. The van der Waals surface area contributed by atoms with Crippen molar-refractivity contribution in [2.45, 2.75) is 25.9 Å². The number of carbonyl (C=O) groups is 1. The summed E-state index contributed by atoms with van der Waals surface area (Å²) in [7, 11) is 0. The quantitative estimate of drug-likeness (QED) is 0.537. The lowest BCUT2D eigenvalue weighted by molar-refractivity contribution is -0.133. The molecule has 1 aromatic carbocycles. The number of halogens is 1. The fourth-order valence-electron chi connectivity index (χ4n) is 4.82. The minimum absolute atomic E-state index is 0.101. The first kappa shape index (κ1) is 23.1. The van der Waals surface area contributed by atoms with E-state index >= 15 is 0 Å². The van der Waals surface area contributed by atoms with Crippen LogP contribution >= 0.6 is 11.6 Å². The maximum Gasteiger partial charge on any atom is 0.222 e. The van der Waals surface area contributed by atoms with Crippen LogP contribution in [0.2, 0.25) is 5.02 Å². The van der Waals surface area contributed by atoms with E-state index in [0.717, 1.165) is 74.6 Å². The van der Waals surface area contributed by atoms with Crippen LogP contribution in [-0.2, 0) is 9.53 Å². The first-order valence-electron chi connectivity index (χ1n) is 12.1. The van der Waals surface area contributed by atoms with Crippen molar-refractivity contribution in [2.24, 2.45) is 0 Å². The lowest BCUT2D eigenvalue weighted by atomic mass is 10.2. The van der Waals surface area contributed by atoms with Crippen LogP contribution < -0.4 is 4.90 Å². The molecule has 2 saturated heterocycles. The van der Waals surface area contributed by atoms with Gasteiger partial charge in [-0.2, -0.15) is 0 Å². The van der Waals surface area contributed by atoms with Crippen LogP contribution in [-0.4, -0.2) is 89.0 Å². The summed E-state index contributed by atoms with van der Waals surface area (Å²) in [5.41, 5.74) is 1.92. The normalized spacial score (nSPS) is 19.6. The molecular weight excluding hydrogens is 452 g/mol. The van der Waals surface area contributed by atoms with Crippen LogP contribution in [0.5, 0.6) is 0 Å². The molecule has 2 aliphatic rings. The number of benzene rings is 1. The minimum Gasteiger partial charge on any atom is -0.373 e. The molecule has 0 spiro atoms. The third-order valence-corrected chi connectivity index (χ3v) is 6.88. The first-order valence-corrected chi connectivity index (χ1v) is 12.5. The number of morpholine rings is 1. The monoisotopic (exact) mass is 482 g/mol. The zero-order valence-electron chi connectivity index (χ0n) is 19.6. The number of piperazine rings is 1. The van der Waals surface area contributed by atoms with Gasteiger partial charge < -0.3 is 14.5 Å². The highest BCUT2D eigenvalue weighted by Crippen LogP contribution is 2.29. The summed E-state index contributed by atoms with van der Waals surface area (Å²) in [6, 6.07) is 9.72. The van der Waals surface area contributed by atoms with Crippen molar-refractivity contribution in [3.05, 3.63) is 47.7 Å². The highest BCUT2D eigenvalue weighted by Gasteiger charge is 2.28. The van der Waals surface area contributed by atoms with E-state index in [9.17, 15) is 4.79 Å². The zero-order chi connectivity index (χ0) is 23.5. The van der Waals surface area contributed by atoms with Crippen molar-refractivity contribution in [3.63, 3.8) is 0 Å². The molecule has 1 unspecified atom stereocenters. The van der Waals surface area contributed by atoms with Gasteiger partial charge in [-0.1, -0.05) is 18.5 Å². The fraction of sp³-hybridized carbons (Fsp3) is 0.480. The number of ether oxygens (including phenoxy) is 1. The van der Waals surface area contributed by atoms with Gasteiger partial charge in [0.2, 0.25) is 5.91 Å². The number of nitrogens with zero attached hydrogens (tertiary/aromatic N) is 6. The smallest absolute Gasteiger partial charge is 0.222 e. The molecule has 180 valence electrons. The predicted molar refractivity (Wildman–Crippen MR) is 134 cm³/mol. The molecule has 2 fully saturated rings. The van der Waals surface area contributed by atoms with Gasteiger partial charge in [0, 0.05) is 68.8 Å². The molecule has 2 aromatic heterocycles. The largest absolute Gasteiger partial charge is 0.373 e. The van der Waals surface area contributed by atoms with E-state index in [1.165, 1.54) is 0 Å². The summed E-state index contributed by atoms with van der Waals surface area (Å²) in [6.07, 6.45) is 5.33. The average molecular weight is 483 g/mol. The molecule has 1 amide bonds. The Balaban J connectivity index is 1.28. The number of hydrogen-bond donors (Lipinski definition) is 0. The number of hydrogen-bond acceptors (Lipinski definition) is 6. The summed E-state index contributed by atoms with van der Waals surface area (Å²) >= 11 is 6.09. The van der Waals surface area contributed by atoms with Crippen molar-refractivity contribution < 1.29 is 9.53 Å². The predicted octanol–water partition coefficient (Wildman–Crippen LogP) is 3.22. The highest BCUT2D eigenvalue weighted by molar-refractivity contribution is 6.30. The summed E-state index contributed by atoms with van der Waals surface area (Å²) < 4.78 is 8.07. The molecule has 5 rings (SSSR count). The Kier molecular flexibility index (Phi) is 6.99. The van der Waals surface area contributed by atoms with Crippen molar-refractivity contribution in [3.8, 4) is 5.69 Å². The van der Waals surface area contributed by atoms with Gasteiger partial charge in [0.15, 0.2) is 5.82 Å². The number of anilines is 1. The van der Waals surface area contributed by atoms with Crippen LogP contribution in [0.1, 0.15) is 19.8 Å². The van der Waals surface area contributed by atoms with Gasteiger partial charge in [0.05, 0.1) is 30.1 Å². The van der Waals surface area contributed by atoms with Crippen LogP contribution in [0, 0.1) is 0 Å². The maximum atomic E-state index is 12.2. The zero-order valence-corrected chi connectivity index (χ0v) is 20.3. The Bertz CT molecular complexity index is 1130. The summed E-state index contributed by atoms with van der Waals surface area (Å²) in [4.78, 5) is 23.2. The Morgan fingerprint density at radius 1 is 1.12 bits per heavy atom.